The van der Waals surface area contributed by atoms with E-state index in [1.165, 1.54) is 24.1 Å². The van der Waals surface area contributed by atoms with E-state index in [0.717, 1.165) is 18.8 Å². The third kappa shape index (κ3) is 1.97. The summed E-state index contributed by atoms with van der Waals surface area (Å²) in [5, 5.41) is 0. The maximum absolute atomic E-state index is 5.79. The maximum atomic E-state index is 5.79. The fourth-order valence-corrected chi connectivity index (χ4v) is 2.32. The number of pyridine rings is 1. The Kier molecular flexibility index (Phi) is 2.91. The van der Waals surface area contributed by atoms with E-state index in [-0.39, 0.29) is 0 Å². The Balaban J connectivity index is 2.31. The van der Waals surface area contributed by atoms with Crippen LogP contribution in [0.5, 0.6) is 0 Å². The van der Waals surface area contributed by atoms with E-state index in [1.54, 1.807) is 0 Å². The highest BCUT2D eigenvalue weighted by molar-refractivity contribution is 5.54. The molecule has 1 unspecified atom stereocenters. The van der Waals surface area contributed by atoms with Crippen molar-refractivity contribution in [1.29, 1.82) is 0 Å². The zero-order valence-corrected chi connectivity index (χ0v) is 9.53. The molecule has 1 aliphatic rings. The summed E-state index contributed by atoms with van der Waals surface area (Å²) >= 11 is 0. The van der Waals surface area contributed by atoms with E-state index >= 15 is 0 Å². The van der Waals surface area contributed by atoms with Gasteiger partial charge in [-0.15, -0.1) is 0 Å². The van der Waals surface area contributed by atoms with Crippen LogP contribution in [0.15, 0.2) is 12.3 Å². The van der Waals surface area contributed by atoms with Crippen LogP contribution in [0.4, 0.5) is 5.69 Å². The molecule has 0 amide bonds. The van der Waals surface area contributed by atoms with E-state index < -0.39 is 0 Å². The van der Waals surface area contributed by atoms with Gasteiger partial charge in [-0.2, -0.15) is 0 Å². The van der Waals surface area contributed by atoms with Crippen molar-refractivity contribution in [3.63, 3.8) is 0 Å². The van der Waals surface area contributed by atoms with E-state index in [9.17, 15) is 0 Å². The standard InChI is InChI=1S/C12H19N3/c1-9-8-14-10(2)6-12(9)15-5-3-4-11(15)7-13/h6,8,11H,3-5,7,13H2,1-2H3. The first-order valence-electron chi connectivity index (χ1n) is 5.62. The fourth-order valence-electron chi connectivity index (χ4n) is 2.32. The number of nitrogens with zero attached hydrogens (tertiary/aromatic N) is 2. The van der Waals surface area contributed by atoms with Gasteiger partial charge in [0.1, 0.15) is 0 Å². The summed E-state index contributed by atoms with van der Waals surface area (Å²) < 4.78 is 0. The van der Waals surface area contributed by atoms with Gasteiger partial charge in [-0.1, -0.05) is 0 Å². The normalized spacial score (nSPS) is 21.0. The van der Waals surface area contributed by atoms with Gasteiger partial charge >= 0.3 is 0 Å². The highest BCUT2D eigenvalue weighted by Gasteiger charge is 2.24. The number of nitrogens with two attached hydrogens (primary N) is 1. The Morgan fingerprint density at radius 2 is 2.33 bits per heavy atom. The van der Waals surface area contributed by atoms with Crippen molar-refractivity contribution < 1.29 is 0 Å². The van der Waals surface area contributed by atoms with Crippen molar-refractivity contribution in [2.45, 2.75) is 32.7 Å². The molecule has 82 valence electrons. The smallest absolute Gasteiger partial charge is 0.0432 e. The molecule has 0 aliphatic carbocycles. The molecule has 15 heavy (non-hydrogen) atoms. The Bertz CT molecular complexity index is 349. The molecule has 1 atom stereocenters. The van der Waals surface area contributed by atoms with Gasteiger partial charge in [-0.3, -0.25) is 4.98 Å². The van der Waals surface area contributed by atoms with Gasteiger partial charge < -0.3 is 10.6 Å². The average molecular weight is 205 g/mol. The lowest BCUT2D eigenvalue weighted by atomic mass is 10.1. The molecule has 2 heterocycles. The number of hydrogen-bond acceptors (Lipinski definition) is 3. The average Bonchev–Trinajstić information content (AvgIpc) is 2.69. The fraction of sp³-hybridized carbons (Fsp3) is 0.583. The second kappa shape index (κ2) is 4.19. The number of hydrogen-bond donors (Lipinski definition) is 1. The van der Waals surface area contributed by atoms with Gasteiger partial charge in [-0.05, 0) is 38.3 Å². The molecule has 1 aromatic heterocycles. The lowest BCUT2D eigenvalue weighted by Gasteiger charge is -2.27. The lowest BCUT2D eigenvalue weighted by molar-refractivity contribution is 0.675. The van der Waals surface area contributed by atoms with Gasteiger partial charge in [0.15, 0.2) is 0 Å². The quantitative estimate of drug-likeness (QED) is 0.798. The molecular formula is C12H19N3. The molecular weight excluding hydrogens is 186 g/mol. The van der Waals surface area contributed by atoms with Crippen LogP contribution in [-0.4, -0.2) is 24.1 Å². The van der Waals surface area contributed by atoms with E-state index in [4.69, 9.17) is 5.73 Å². The Labute approximate surface area is 91.3 Å². The summed E-state index contributed by atoms with van der Waals surface area (Å²) in [7, 11) is 0. The largest absolute Gasteiger partial charge is 0.367 e. The second-order valence-corrected chi connectivity index (χ2v) is 4.34. The molecule has 1 aromatic rings. The molecule has 3 nitrogen and oxygen atoms in total. The topological polar surface area (TPSA) is 42.1 Å². The molecule has 2 N–H and O–H groups in total. The number of rotatable bonds is 2. The summed E-state index contributed by atoms with van der Waals surface area (Å²) in [4.78, 5) is 6.74. The molecule has 0 spiro atoms. The number of aromatic nitrogens is 1. The van der Waals surface area contributed by atoms with Crippen LogP contribution in [0.3, 0.4) is 0 Å². The van der Waals surface area contributed by atoms with Gasteiger partial charge in [0.25, 0.3) is 0 Å². The summed E-state index contributed by atoms with van der Waals surface area (Å²) in [6, 6.07) is 2.69. The molecule has 2 rings (SSSR count). The van der Waals surface area contributed by atoms with Gasteiger partial charge in [0.05, 0.1) is 0 Å². The van der Waals surface area contributed by atoms with E-state index in [0.29, 0.717) is 6.04 Å². The van der Waals surface area contributed by atoms with Crippen molar-refractivity contribution in [3.05, 3.63) is 23.5 Å². The van der Waals surface area contributed by atoms with Crippen LogP contribution in [0, 0.1) is 13.8 Å². The van der Waals surface area contributed by atoms with Crippen LogP contribution in [0.1, 0.15) is 24.1 Å². The molecule has 1 fully saturated rings. The number of anilines is 1. The molecule has 1 saturated heterocycles. The molecule has 0 aromatic carbocycles. The predicted octanol–water partition coefficient (Wildman–Crippen LogP) is 1.63. The third-order valence-electron chi connectivity index (χ3n) is 3.17. The minimum absolute atomic E-state index is 0.519. The summed E-state index contributed by atoms with van der Waals surface area (Å²) in [6.07, 6.45) is 4.43. The molecule has 1 aliphatic heterocycles. The van der Waals surface area contributed by atoms with Gasteiger partial charge in [0, 0.05) is 36.7 Å². The highest BCUT2D eigenvalue weighted by Crippen LogP contribution is 2.27. The maximum Gasteiger partial charge on any atom is 0.0432 e. The monoisotopic (exact) mass is 205 g/mol. The first kappa shape index (κ1) is 10.4. The highest BCUT2D eigenvalue weighted by atomic mass is 15.2. The van der Waals surface area contributed by atoms with Gasteiger partial charge in [0.2, 0.25) is 0 Å². The lowest BCUT2D eigenvalue weighted by Crippen LogP contribution is -2.35. The Hall–Kier alpha value is -1.09. The molecule has 0 saturated carbocycles. The van der Waals surface area contributed by atoms with E-state index in [1.807, 2.05) is 13.1 Å². The first-order valence-corrected chi connectivity index (χ1v) is 5.62. The summed E-state index contributed by atoms with van der Waals surface area (Å²) in [6.45, 7) is 6.04. The Morgan fingerprint density at radius 3 is 3.07 bits per heavy atom. The minimum Gasteiger partial charge on any atom is -0.367 e. The van der Waals surface area contributed by atoms with Crippen LogP contribution < -0.4 is 10.6 Å². The molecule has 0 bridgehead atoms. The van der Waals surface area contributed by atoms with Crippen molar-refractivity contribution in [2.24, 2.45) is 5.73 Å². The van der Waals surface area contributed by atoms with Crippen molar-refractivity contribution in [3.8, 4) is 0 Å². The summed E-state index contributed by atoms with van der Waals surface area (Å²) in [5.74, 6) is 0. The van der Waals surface area contributed by atoms with Crippen LogP contribution in [0.2, 0.25) is 0 Å². The molecule has 0 radical (unpaired) electrons. The predicted molar refractivity (Wildman–Crippen MR) is 63.1 cm³/mol. The SMILES string of the molecule is Cc1cc(N2CCCC2CN)c(C)cn1. The number of aryl methyl sites for hydroxylation is 2. The van der Waals surface area contributed by atoms with Crippen LogP contribution >= 0.6 is 0 Å². The van der Waals surface area contributed by atoms with Crippen molar-refractivity contribution >= 4 is 5.69 Å². The molecule has 3 heteroatoms. The van der Waals surface area contributed by atoms with E-state index in [2.05, 4.69) is 22.9 Å². The van der Waals surface area contributed by atoms with Gasteiger partial charge in [-0.25, -0.2) is 0 Å². The summed E-state index contributed by atoms with van der Waals surface area (Å²) in [5.41, 5.74) is 9.44. The van der Waals surface area contributed by atoms with Crippen LogP contribution in [-0.2, 0) is 0 Å². The van der Waals surface area contributed by atoms with Crippen molar-refractivity contribution in [2.75, 3.05) is 18.0 Å². The first-order chi connectivity index (χ1) is 7.22. The Morgan fingerprint density at radius 1 is 1.53 bits per heavy atom. The van der Waals surface area contributed by atoms with Crippen molar-refractivity contribution in [1.82, 2.24) is 4.98 Å². The zero-order chi connectivity index (χ0) is 10.8. The zero-order valence-electron chi connectivity index (χ0n) is 9.53. The minimum atomic E-state index is 0.519. The van der Waals surface area contributed by atoms with Crippen LogP contribution in [0.25, 0.3) is 0 Å². The third-order valence-corrected chi connectivity index (χ3v) is 3.17. The second-order valence-electron chi connectivity index (χ2n) is 4.34.